The molecule has 2 aromatic rings. The van der Waals surface area contributed by atoms with Gasteiger partial charge in [-0.2, -0.15) is 0 Å². The second-order valence-electron chi connectivity index (χ2n) is 18.6. The summed E-state index contributed by atoms with van der Waals surface area (Å²) in [5.41, 5.74) is 2.63. The highest BCUT2D eigenvalue weighted by molar-refractivity contribution is 5.76. The number of rotatable bonds is 8. The van der Waals surface area contributed by atoms with Crippen molar-refractivity contribution in [1.82, 2.24) is 0 Å². The van der Waals surface area contributed by atoms with Gasteiger partial charge in [-0.15, -0.1) is 0 Å². The summed E-state index contributed by atoms with van der Waals surface area (Å²) in [6, 6.07) is 20.6. The van der Waals surface area contributed by atoms with Crippen LogP contribution in [0.5, 0.6) is 0 Å². The van der Waals surface area contributed by atoms with E-state index in [1.807, 2.05) is 36.4 Å². The second-order valence-corrected chi connectivity index (χ2v) is 18.6. The van der Waals surface area contributed by atoms with Gasteiger partial charge in [-0.05, 0) is 108 Å². The molecule has 10 atom stereocenters. The van der Waals surface area contributed by atoms with E-state index < -0.39 is 22.9 Å². The van der Waals surface area contributed by atoms with Crippen molar-refractivity contribution >= 4 is 5.97 Å². The predicted molar refractivity (Wildman–Crippen MR) is 194 cm³/mol. The molecular weight excluding hydrogens is 608 g/mol. The molecule has 2 aromatic carbocycles. The normalized spacial score (nSPS) is 42.5. The number of carboxylic acids is 1. The molecule has 0 unspecified atom stereocenters. The van der Waals surface area contributed by atoms with E-state index in [4.69, 9.17) is 9.47 Å². The van der Waals surface area contributed by atoms with E-state index in [1.54, 1.807) is 0 Å². The Morgan fingerprint density at radius 3 is 2.08 bits per heavy atom. The van der Waals surface area contributed by atoms with Crippen molar-refractivity contribution < 1.29 is 24.5 Å². The standard InChI is InChI=1S/C44H60O5/c1-39(2)21-23-44(38(46)47)24-22-42(5)32(33(44)25-39)17-18-36-40(3)26-34(49-28-31-15-11-8-12-16-31)37(45)41(4,35(40)19-20-43(36,42)6)29-48-27-30-13-9-7-10-14-30/h7-17,33-37,45H,18-29H2,1-6H3,(H,46,47)/t33-,34-,35+,36+,37-,40-,41-,42+,43+,44-/m0/s1. The highest BCUT2D eigenvalue weighted by atomic mass is 16.5. The molecule has 0 amide bonds. The molecule has 49 heavy (non-hydrogen) atoms. The molecule has 0 aromatic heterocycles. The topological polar surface area (TPSA) is 76.0 Å². The maximum atomic E-state index is 13.1. The van der Waals surface area contributed by atoms with Crippen LogP contribution in [0.4, 0.5) is 0 Å². The fourth-order valence-corrected chi connectivity index (χ4v) is 12.6. The van der Waals surface area contributed by atoms with Crippen LogP contribution in [-0.2, 0) is 27.5 Å². The summed E-state index contributed by atoms with van der Waals surface area (Å²) in [6.07, 6.45) is 9.90. The van der Waals surface area contributed by atoms with E-state index in [0.717, 1.165) is 68.9 Å². The third-order valence-corrected chi connectivity index (χ3v) is 15.6. The lowest BCUT2D eigenvalue weighted by molar-refractivity contribution is -0.256. The number of aliphatic carboxylic acids is 1. The molecule has 0 heterocycles. The number of aliphatic hydroxyl groups excluding tert-OH is 1. The highest BCUT2D eigenvalue weighted by Gasteiger charge is 2.70. The van der Waals surface area contributed by atoms with Crippen LogP contribution in [0.25, 0.3) is 0 Å². The molecule has 0 saturated heterocycles. The van der Waals surface area contributed by atoms with E-state index in [9.17, 15) is 15.0 Å². The van der Waals surface area contributed by atoms with E-state index >= 15 is 0 Å². The first-order chi connectivity index (χ1) is 23.2. The van der Waals surface area contributed by atoms with Crippen LogP contribution < -0.4 is 0 Å². The average Bonchev–Trinajstić information content (AvgIpc) is 3.07. The van der Waals surface area contributed by atoms with Crippen molar-refractivity contribution in [2.75, 3.05) is 6.61 Å². The summed E-state index contributed by atoms with van der Waals surface area (Å²) in [5.74, 6) is 0.187. The summed E-state index contributed by atoms with van der Waals surface area (Å²) in [4.78, 5) is 13.1. The number of hydrogen-bond donors (Lipinski definition) is 2. The minimum atomic E-state index is -0.643. The van der Waals surface area contributed by atoms with Gasteiger partial charge in [0.25, 0.3) is 0 Å². The molecule has 5 aliphatic rings. The Hall–Kier alpha value is -2.47. The summed E-state index contributed by atoms with van der Waals surface area (Å²) < 4.78 is 13.3. The number of ether oxygens (including phenoxy) is 2. The highest BCUT2D eigenvalue weighted by Crippen LogP contribution is 2.76. The smallest absolute Gasteiger partial charge is 0.310 e. The molecule has 0 aliphatic heterocycles. The van der Waals surface area contributed by atoms with Gasteiger partial charge in [0.15, 0.2) is 0 Å². The third-order valence-electron chi connectivity index (χ3n) is 15.6. The summed E-state index contributed by atoms with van der Waals surface area (Å²) in [6.45, 7) is 16.0. The number of hydrogen-bond acceptors (Lipinski definition) is 4. The Labute approximate surface area is 294 Å². The van der Waals surface area contributed by atoms with Crippen LogP contribution in [0, 0.1) is 50.2 Å². The lowest BCUT2D eigenvalue weighted by Crippen LogP contribution is -2.68. The second kappa shape index (κ2) is 12.3. The molecule has 266 valence electrons. The van der Waals surface area contributed by atoms with Gasteiger partial charge >= 0.3 is 5.97 Å². The Bertz CT molecular complexity index is 1550. The largest absolute Gasteiger partial charge is 0.481 e. The zero-order chi connectivity index (χ0) is 34.9. The molecule has 0 bridgehead atoms. The molecule has 2 N–H and O–H groups in total. The van der Waals surface area contributed by atoms with Gasteiger partial charge in [0.1, 0.15) is 0 Å². The molecule has 5 aliphatic carbocycles. The molecule has 0 radical (unpaired) electrons. The molecule has 7 rings (SSSR count). The van der Waals surface area contributed by atoms with Crippen LogP contribution in [0.2, 0.25) is 0 Å². The lowest BCUT2D eigenvalue weighted by atomic mass is 9.33. The Balaban J connectivity index is 1.25. The maximum Gasteiger partial charge on any atom is 0.310 e. The van der Waals surface area contributed by atoms with Crippen molar-refractivity contribution in [3.63, 3.8) is 0 Å². The SMILES string of the molecule is CC1(C)CC[C@]2(C(=O)O)CC[C@]3(C)C(=CC[C@@H]4[C@@]5(C)C[C@H](OCc6ccccc6)[C@H](O)[C@@](C)(COCc6ccccc6)[C@@H]5CC[C@]43C)[C@@H]2C1. The van der Waals surface area contributed by atoms with Gasteiger partial charge in [-0.25, -0.2) is 0 Å². The number of fused-ring (bicyclic) bond motifs is 7. The van der Waals surface area contributed by atoms with Gasteiger partial charge in [-0.1, -0.05) is 114 Å². The van der Waals surface area contributed by atoms with Crippen LogP contribution in [0.1, 0.15) is 110 Å². The number of aliphatic hydroxyl groups is 1. The van der Waals surface area contributed by atoms with E-state index in [2.05, 4.69) is 71.9 Å². The van der Waals surface area contributed by atoms with Crippen molar-refractivity contribution in [3.05, 3.63) is 83.4 Å². The first-order valence-corrected chi connectivity index (χ1v) is 19.1. The summed E-state index contributed by atoms with van der Waals surface area (Å²) in [5, 5.41) is 23.1. The third kappa shape index (κ3) is 5.47. The molecular formula is C44H60O5. The molecule has 5 nitrogen and oxygen atoms in total. The van der Waals surface area contributed by atoms with Crippen molar-refractivity contribution in [2.45, 2.75) is 125 Å². The van der Waals surface area contributed by atoms with E-state index in [-0.39, 0.29) is 39.6 Å². The Morgan fingerprint density at radius 1 is 0.796 bits per heavy atom. The number of carboxylic acid groups (broad SMARTS) is 1. The number of allylic oxidation sites excluding steroid dienone is 2. The number of carbonyl (C=O) groups is 1. The molecule has 0 spiro atoms. The van der Waals surface area contributed by atoms with Crippen LogP contribution in [-0.4, -0.2) is 35.0 Å². The Kier molecular flexibility index (Phi) is 8.80. The zero-order valence-electron chi connectivity index (χ0n) is 30.8. The molecule has 5 heteroatoms. The van der Waals surface area contributed by atoms with Gasteiger partial charge in [-0.3, -0.25) is 4.79 Å². The first kappa shape index (κ1) is 35.0. The fraction of sp³-hybridized carbons (Fsp3) is 0.659. The first-order valence-electron chi connectivity index (χ1n) is 19.1. The van der Waals surface area contributed by atoms with Gasteiger partial charge in [0.05, 0.1) is 37.4 Å². The quantitative estimate of drug-likeness (QED) is 0.274. The van der Waals surface area contributed by atoms with Gasteiger partial charge in [0.2, 0.25) is 0 Å². The minimum Gasteiger partial charge on any atom is -0.481 e. The Morgan fingerprint density at radius 2 is 1.43 bits per heavy atom. The maximum absolute atomic E-state index is 13.1. The van der Waals surface area contributed by atoms with Crippen molar-refractivity contribution in [2.24, 2.45) is 50.2 Å². The predicted octanol–water partition coefficient (Wildman–Crippen LogP) is 9.63. The van der Waals surface area contributed by atoms with Gasteiger partial charge in [0, 0.05) is 5.41 Å². The van der Waals surface area contributed by atoms with Crippen LogP contribution in [0.3, 0.4) is 0 Å². The van der Waals surface area contributed by atoms with Gasteiger partial charge < -0.3 is 19.7 Å². The fourth-order valence-electron chi connectivity index (χ4n) is 12.6. The van der Waals surface area contributed by atoms with Crippen molar-refractivity contribution in [1.29, 1.82) is 0 Å². The average molecular weight is 669 g/mol. The van der Waals surface area contributed by atoms with E-state index in [0.29, 0.717) is 25.7 Å². The molecule has 4 saturated carbocycles. The number of benzene rings is 2. The zero-order valence-corrected chi connectivity index (χ0v) is 30.8. The lowest BCUT2D eigenvalue weighted by Gasteiger charge is -2.71. The monoisotopic (exact) mass is 668 g/mol. The van der Waals surface area contributed by atoms with Crippen LogP contribution >= 0.6 is 0 Å². The summed E-state index contributed by atoms with van der Waals surface area (Å²) >= 11 is 0. The summed E-state index contributed by atoms with van der Waals surface area (Å²) in [7, 11) is 0. The van der Waals surface area contributed by atoms with Crippen molar-refractivity contribution in [3.8, 4) is 0 Å². The van der Waals surface area contributed by atoms with Crippen LogP contribution in [0.15, 0.2) is 72.3 Å². The molecule has 4 fully saturated rings. The van der Waals surface area contributed by atoms with E-state index in [1.165, 1.54) is 5.57 Å². The minimum absolute atomic E-state index is 0.0205.